The Morgan fingerprint density at radius 2 is 1.88 bits per heavy atom. The van der Waals surface area contributed by atoms with Crippen molar-refractivity contribution >= 4 is 29.4 Å². The normalized spacial score (nSPS) is 30.5. The molecule has 3 atom stereocenters. The van der Waals surface area contributed by atoms with Crippen LogP contribution in [0.1, 0.15) is 20.8 Å². The molecule has 1 aromatic carbocycles. The van der Waals surface area contributed by atoms with E-state index in [1.165, 1.54) is 16.7 Å². The number of rotatable bonds is 5. The smallest absolute Gasteiger partial charge is 0.327 e. The Morgan fingerprint density at radius 1 is 1.25 bits per heavy atom. The van der Waals surface area contributed by atoms with Gasteiger partial charge in [0.05, 0.1) is 0 Å². The zero-order chi connectivity index (χ0) is 17.7. The van der Waals surface area contributed by atoms with Crippen LogP contribution in [0.5, 0.6) is 5.75 Å². The van der Waals surface area contributed by atoms with Crippen molar-refractivity contribution < 1.29 is 24.2 Å². The van der Waals surface area contributed by atoms with Gasteiger partial charge in [0.25, 0.3) is 0 Å². The molecule has 0 saturated carbocycles. The van der Waals surface area contributed by atoms with Crippen molar-refractivity contribution in [1.82, 2.24) is 4.90 Å². The van der Waals surface area contributed by atoms with Crippen LogP contribution in [0.25, 0.3) is 0 Å². The van der Waals surface area contributed by atoms with Crippen molar-refractivity contribution in [2.75, 3.05) is 6.61 Å². The van der Waals surface area contributed by atoms with E-state index in [1.54, 1.807) is 45.0 Å². The first kappa shape index (κ1) is 16.8. The molecule has 1 N–H and O–H groups in total. The number of carbonyl (C=O) groups is 3. The zero-order valence-corrected chi connectivity index (χ0v) is 14.5. The van der Waals surface area contributed by atoms with E-state index in [0.29, 0.717) is 5.75 Å². The number of β-lactam (4-membered cyclic amide) rings is 1. The average molecular weight is 349 g/mol. The number of carbonyl (C=O) groups excluding carboxylic acids is 2. The summed E-state index contributed by atoms with van der Waals surface area (Å²) >= 11 is 1.36. The van der Waals surface area contributed by atoms with Crippen LogP contribution in [-0.4, -0.2) is 50.4 Å². The highest BCUT2D eigenvalue weighted by atomic mass is 32.2. The van der Waals surface area contributed by atoms with E-state index < -0.39 is 33.5 Å². The number of ketones is 1. The van der Waals surface area contributed by atoms with E-state index in [2.05, 4.69) is 0 Å². The Bertz CT molecular complexity index is 704. The van der Waals surface area contributed by atoms with E-state index >= 15 is 0 Å². The molecule has 0 radical (unpaired) electrons. The minimum absolute atomic E-state index is 0.213. The molecule has 2 aliphatic rings. The van der Waals surface area contributed by atoms with E-state index in [4.69, 9.17) is 4.74 Å². The van der Waals surface area contributed by atoms with Crippen LogP contribution < -0.4 is 4.74 Å². The maximum absolute atomic E-state index is 12.6. The Morgan fingerprint density at radius 3 is 2.46 bits per heavy atom. The lowest BCUT2D eigenvalue weighted by atomic mass is 9.75. The molecule has 2 heterocycles. The molecule has 128 valence electrons. The highest BCUT2D eigenvalue weighted by molar-refractivity contribution is 8.01. The predicted molar refractivity (Wildman–Crippen MR) is 88.8 cm³/mol. The monoisotopic (exact) mass is 349 g/mol. The van der Waals surface area contributed by atoms with Crippen LogP contribution in [0.3, 0.4) is 0 Å². The van der Waals surface area contributed by atoms with Gasteiger partial charge < -0.3 is 14.7 Å². The first-order chi connectivity index (χ1) is 11.2. The molecule has 1 unspecified atom stereocenters. The molecule has 1 aromatic rings. The van der Waals surface area contributed by atoms with Crippen molar-refractivity contribution in [3.05, 3.63) is 30.3 Å². The number of hydrogen-bond donors (Lipinski definition) is 1. The summed E-state index contributed by atoms with van der Waals surface area (Å²) in [6.45, 7) is 4.94. The molecule has 3 rings (SSSR count). The van der Waals surface area contributed by atoms with Gasteiger partial charge >= 0.3 is 5.97 Å². The minimum Gasteiger partial charge on any atom is -0.486 e. The summed E-state index contributed by atoms with van der Waals surface area (Å²) in [4.78, 5) is 38.1. The molecule has 0 aliphatic carbocycles. The van der Waals surface area contributed by atoms with Gasteiger partial charge in [0.1, 0.15) is 29.2 Å². The Hall–Kier alpha value is -2.02. The van der Waals surface area contributed by atoms with Gasteiger partial charge in [0.2, 0.25) is 5.91 Å². The highest BCUT2D eigenvalue weighted by Crippen LogP contribution is 2.58. The highest BCUT2D eigenvalue weighted by Gasteiger charge is 2.71. The third-order valence-corrected chi connectivity index (χ3v) is 6.46. The first-order valence-corrected chi connectivity index (χ1v) is 8.52. The molecule has 7 heteroatoms. The van der Waals surface area contributed by atoms with Gasteiger partial charge in [-0.15, -0.1) is 11.8 Å². The number of carboxylic acids is 1. The van der Waals surface area contributed by atoms with Crippen LogP contribution in [0, 0.1) is 5.41 Å². The number of para-hydroxylation sites is 1. The minimum atomic E-state index is -1.24. The molecule has 0 spiro atoms. The number of amides is 1. The fourth-order valence-corrected chi connectivity index (χ4v) is 5.01. The van der Waals surface area contributed by atoms with Crippen LogP contribution in [-0.2, 0) is 14.4 Å². The first-order valence-electron chi connectivity index (χ1n) is 7.64. The number of benzene rings is 1. The molecule has 1 amide bonds. The molecular formula is C17H19NO5S. The fraction of sp³-hybridized carbons (Fsp3) is 0.471. The van der Waals surface area contributed by atoms with Gasteiger partial charge in [0.15, 0.2) is 5.78 Å². The number of thioether (sulfide) groups is 1. The Labute approximate surface area is 144 Å². The van der Waals surface area contributed by atoms with Gasteiger partial charge in [-0.1, -0.05) is 18.2 Å². The maximum atomic E-state index is 12.6. The number of hydrogen-bond acceptors (Lipinski definition) is 5. The van der Waals surface area contributed by atoms with Crippen LogP contribution >= 0.6 is 11.8 Å². The molecule has 0 bridgehead atoms. The number of nitrogens with zero attached hydrogens (tertiary/aromatic N) is 1. The van der Waals surface area contributed by atoms with E-state index in [-0.39, 0.29) is 12.4 Å². The largest absolute Gasteiger partial charge is 0.486 e. The summed E-state index contributed by atoms with van der Waals surface area (Å²) in [5.74, 6) is -1.24. The van der Waals surface area contributed by atoms with Gasteiger partial charge in [0, 0.05) is 4.75 Å². The topological polar surface area (TPSA) is 83.9 Å². The van der Waals surface area contributed by atoms with Crippen molar-refractivity contribution in [2.45, 2.75) is 36.9 Å². The zero-order valence-electron chi connectivity index (χ0n) is 13.7. The quantitative estimate of drug-likeness (QED) is 0.644. The second-order valence-corrected chi connectivity index (χ2v) is 8.49. The fourth-order valence-electron chi connectivity index (χ4n) is 3.30. The second-order valence-electron chi connectivity index (χ2n) is 6.75. The van der Waals surface area contributed by atoms with Crippen molar-refractivity contribution in [3.63, 3.8) is 0 Å². The number of fused-ring (bicyclic) bond motifs is 1. The molecule has 24 heavy (non-hydrogen) atoms. The molecule has 2 fully saturated rings. The van der Waals surface area contributed by atoms with Crippen molar-refractivity contribution in [3.8, 4) is 5.75 Å². The van der Waals surface area contributed by atoms with Gasteiger partial charge in [-0.3, -0.25) is 9.59 Å². The maximum Gasteiger partial charge on any atom is 0.327 e. The Kier molecular flexibility index (Phi) is 3.86. The lowest BCUT2D eigenvalue weighted by Crippen LogP contribution is -2.71. The van der Waals surface area contributed by atoms with E-state index in [1.807, 2.05) is 6.07 Å². The number of Topliss-reactive ketones (excluding diaryl/α,β-unsaturated/α-hetero) is 1. The van der Waals surface area contributed by atoms with Gasteiger partial charge in [-0.2, -0.15) is 0 Å². The lowest BCUT2D eigenvalue weighted by molar-refractivity contribution is -0.176. The summed E-state index contributed by atoms with van der Waals surface area (Å²) < 4.78 is 4.82. The lowest BCUT2D eigenvalue weighted by Gasteiger charge is -2.50. The van der Waals surface area contributed by atoms with Crippen molar-refractivity contribution in [2.24, 2.45) is 5.41 Å². The molecule has 0 aromatic heterocycles. The van der Waals surface area contributed by atoms with Crippen molar-refractivity contribution in [1.29, 1.82) is 0 Å². The second kappa shape index (κ2) is 5.51. The van der Waals surface area contributed by atoms with Crippen LogP contribution in [0.2, 0.25) is 0 Å². The SMILES string of the molecule is CC1(C)S[C@H]2N(C(=O)C2(C)C(=O)COc2ccccc2)[C@H]1C(=O)O. The third-order valence-electron chi connectivity index (χ3n) is 4.70. The predicted octanol–water partition coefficient (Wildman–Crippen LogP) is 1.79. The molecule has 2 saturated heterocycles. The Balaban J connectivity index is 1.76. The summed E-state index contributed by atoms with van der Waals surface area (Å²) in [7, 11) is 0. The standard InChI is InChI=1S/C17H19NO5S/c1-16(2)12(13(20)21)18-14(22)17(3,15(18)24-16)11(19)9-23-10-7-5-4-6-8-10/h4-8,12,15H,9H2,1-3H3,(H,20,21)/t12-,15+,17?/m0/s1. The third kappa shape index (κ3) is 2.30. The molecule has 6 nitrogen and oxygen atoms in total. The summed E-state index contributed by atoms with van der Waals surface area (Å²) in [5.41, 5.74) is -1.24. The van der Waals surface area contributed by atoms with Gasteiger partial charge in [-0.25, -0.2) is 4.79 Å². The average Bonchev–Trinajstić information content (AvgIpc) is 2.82. The number of ether oxygens (including phenoxy) is 1. The summed E-state index contributed by atoms with van der Waals surface area (Å²) in [5, 5.41) is 8.97. The van der Waals surface area contributed by atoms with Crippen LogP contribution in [0.4, 0.5) is 0 Å². The number of carboxylic acid groups (broad SMARTS) is 1. The number of aliphatic carboxylic acids is 1. The van der Waals surface area contributed by atoms with Gasteiger partial charge in [-0.05, 0) is 32.9 Å². The van der Waals surface area contributed by atoms with Crippen LogP contribution in [0.15, 0.2) is 30.3 Å². The summed E-state index contributed by atoms with van der Waals surface area (Å²) in [6.07, 6.45) is 0. The molecular weight excluding hydrogens is 330 g/mol. The summed E-state index contributed by atoms with van der Waals surface area (Å²) in [6, 6.07) is 7.98. The van der Waals surface area contributed by atoms with E-state index in [9.17, 15) is 19.5 Å². The van der Waals surface area contributed by atoms with E-state index in [0.717, 1.165) is 0 Å². The molecule has 2 aliphatic heterocycles.